The summed E-state index contributed by atoms with van der Waals surface area (Å²) in [6.07, 6.45) is 0. The van der Waals surface area contributed by atoms with Gasteiger partial charge in [0.1, 0.15) is 23.1 Å². The van der Waals surface area contributed by atoms with Crippen LogP contribution in [0.15, 0.2) is 30.3 Å². The zero-order valence-electron chi connectivity index (χ0n) is 13.9. The predicted octanol–water partition coefficient (Wildman–Crippen LogP) is 3.07. The largest absolute Gasteiger partial charge is 0.494 e. The molecule has 0 unspecified atom stereocenters. The Labute approximate surface area is 136 Å². The molecule has 2 aromatic rings. The Bertz CT molecular complexity index is 669. The van der Waals surface area contributed by atoms with Crippen molar-refractivity contribution in [2.75, 3.05) is 11.9 Å². The van der Waals surface area contributed by atoms with Gasteiger partial charge >= 0.3 is 0 Å². The number of hydrogen-bond acceptors (Lipinski definition) is 5. The molecule has 1 aromatic heterocycles. The quantitative estimate of drug-likeness (QED) is 0.857. The number of rotatable bonds is 6. The van der Waals surface area contributed by atoms with Gasteiger partial charge in [0, 0.05) is 17.8 Å². The molecule has 6 nitrogen and oxygen atoms in total. The number of hydrogen-bond donors (Lipinski definition) is 2. The molecule has 0 fully saturated rings. The standard InChI is InChI=1S/C17H22N4O2/c1-5-23-14-8-6-13(7-9-14)21-16-10-15(19-12(4)20-16)17(22)18-11(2)3/h6-11H,5H2,1-4H3,(H,18,22)(H,19,20,21). The van der Waals surface area contributed by atoms with Crippen LogP contribution in [0.4, 0.5) is 11.5 Å². The monoisotopic (exact) mass is 314 g/mol. The average molecular weight is 314 g/mol. The number of nitrogens with one attached hydrogen (secondary N) is 2. The van der Waals surface area contributed by atoms with Gasteiger partial charge in [-0.25, -0.2) is 9.97 Å². The van der Waals surface area contributed by atoms with Crippen molar-refractivity contribution in [1.82, 2.24) is 15.3 Å². The first-order valence-electron chi connectivity index (χ1n) is 7.64. The Morgan fingerprint density at radius 1 is 1.22 bits per heavy atom. The van der Waals surface area contributed by atoms with Crippen LogP contribution in [0.2, 0.25) is 0 Å². The zero-order valence-corrected chi connectivity index (χ0v) is 13.9. The third-order valence-corrected chi connectivity index (χ3v) is 2.93. The smallest absolute Gasteiger partial charge is 0.270 e. The number of anilines is 2. The second kappa shape index (κ2) is 7.58. The van der Waals surface area contributed by atoms with E-state index >= 15 is 0 Å². The van der Waals surface area contributed by atoms with Crippen molar-refractivity contribution < 1.29 is 9.53 Å². The van der Waals surface area contributed by atoms with Crippen LogP contribution in [-0.2, 0) is 0 Å². The molecule has 0 aliphatic heterocycles. The molecular formula is C17H22N4O2. The lowest BCUT2D eigenvalue weighted by atomic mass is 10.3. The van der Waals surface area contributed by atoms with Gasteiger partial charge in [-0.1, -0.05) is 0 Å². The summed E-state index contributed by atoms with van der Waals surface area (Å²) in [6.45, 7) is 8.15. The fourth-order valence-electron chi connectivity index (χ4n) is 2.03. The fourth-order valence-corrected chi connectivity index (χ4v) is 2.03. The maximum atomic E-state index is 12.1. The molecule has 0 spiro atoms. The molecule has 0 bridgehead atoms. The van der Waals surface area contributed by atoms with Crippen molar-refractivity contribution in [3.8, 4) is 5.75 Å². The average Bonchev–Trinajstić information content (AvgIpc) is 2.48. The Kier molecular flexibility index (Phi) is 5.51. The molecule has 2 N–H and O–H groups in total. The maximum Gasteiger partial charge on any atom is 0.270 e. The van der Waals surface area contributed by atoms with Crippen LogP contribution in [0.1, 0.15) is 37.1 Å². The van der Waals surface area contributed by atoms with Crippen LogP contribution in [0.3, 0.4) is 0 Å². The molecule has 122 valence electrons. The van der Waals surface area contributed by atoms with Crippen LogP contribution in [0.25, 0.3) is 0 Å². The highest BCUT2D eigenvalue weighted by molar-refractivity contribution is 5.93. The van der Waals surface area contributed by atoms with E-state index in [0.29, 0.717) is 23.9 Å². The first-order valence-corrected chi connectivity index (χ1v) is 7.64. The van der Waals surface area contributed by atoms with Crippen LogP contribution in [-0.4, -0.2) is 28.5 Å². The third kappa shape index (κ3) is 4.95. The van der Waals surface area contributed by atoms with Gasteiger partial charge in [0.15, 0.2) is 0 Å². The lowest BCUT2D eigenvalue weighted by Crippen LogP contribution is -2.31. The highest BCUT2D eigenvalue weighted by atomic mass is 16.5. The topological polar surface area (TPSA) is 76.1 Å². The number of aryl methyl sites for hydroxylation is 1. The van der Waals surface area contributed by atoms with Crippen molar-refractivity contribution in [3.05, 3.63) is 41.9 Å². The van der Waals surface area contributed by atoms with E-state index < -0.39 is 0 Å². The SMILES string of the molecule is CCOc1ccc(Nc2cc(C(=O)NC(C)C)nc(C)n2)cc1. The van der Waals surface area contributed by atoms with Crippen molar-refractivity contribution >= 4 is 17.4 Å². The summed E-state index contributed by atoms with van der Waals surface area (Å²) >= 11 is 0. The van der Waals surface area contributed by atoms with Crippen LogP contribution < -0.4 is 15.4 Å². The fraction of sp³-hybridized carbons (Fsp3) is 0.353. The van der Waals surface area contributed by atoms with Gasteiger partial charge in [-0.3, -0.25) is 4.79 Å². The second-order valence-electron chi connectivity index (χ2n) is 5.40. The summed E-state index contributed by atoms with van der Waals surface area (Å²) in [5.41, 5.74) is 1.21. The summed E-state index contributed by atoms with van der Waals surface area (Å²) in [5.74, 6) is 1.72. The van der Waals surface area contributed by atoms with Gasteiger partial charge in [0.25, 0.3) is 5.91 Å². The first kappa shape index (κ1) is 16.7. The van der Waals surface area contributed by atoms with Crippen molar-refractivity contribution in [2.45, 2.75) is 33.7 Å². The molecular weight excluding hydrogens is 292 g/mol. The van der Waals surface area contributed by atoms with Gasteiger partial charge in [-0.05, 0) is 52.0 Å². The van der Waals surface area contributed by atoms with E-state index in [2.05, 4.69) is 20.6 Å². The molecule has 0 aliphatic carbocycles. The lowest BCUT2D eigenvalue weighted by Gasteiger charge is -2.11. The van der Waals surface area contributed by atoms with Crippen molar-refractivity contribution in [1.29, 1.82) is 0 Å². The maximum absolute atomic E-state index is 12.1. The van der Waals surface area contributed by atoms with Gasteiger partial charge in [0.2, 0.25) is 0 Å². The predicted molar refractivity (Wildman–Crippen MR) is 90.3 cm³/mol. The molecule has 23 heavy (non-hydrogen) atoms. The molecule has 1 heterocycles. The summed E-state index contributed by atoms with van der Waals surface area (Å²) in [7, 11) is 0. The van der Waals surface area contributed by atoms with Crippen molar-refractivity contribution in [3.63, 3.8) is 0 Å². The number of carbonyl (C=O) groups excluding carboxylic acids is 1. The molecule has 0 saturated carbocycles. The van der Waals surface area contributed by atoms with Gasteiger partial charge in [-0.2, -0.15) is 0 Å². The Balaban J connectivity index is 2.16. The molecule has 0 saturated heterocycles. The van der Waals surface area contributed by atoms with E-state index in [1.165, 1.54) is 0 Å². The first-order chi connectivity index (χ1) is 11.0. The van der Waals surface area contributed by atoms with E-state index in [1.807, 2.05) is 45.0 Å². The molecule has 0 aliphatic rings. The van der Waals surface area contributed by atoms with E-state index in [1.54, 1.807) is 13.0 Å². The molecule has 0 radical (unpaired) electrons. The van der Waals surface area contributed by atoms with E-state index in [0.717, 1.165) is 11.4 Å². The molecule has 2 rings (SSSR count). The Morgan fingerprint density at radius 2 is 1.91 bits per heavy atom. The zero-order chi connectivity index (χ0) is 16.8. The van der Waals surface area contributed by atoms with E-state index in [9.17, 15) is 4.79 Å². The minimum absolute atomic E-state index is 0.0558. The van der Waals surface area contributed by atoms with E-state index in [-0.39, 0.29) is 11.9 Å². The summed E-state index contributed by atoms with van der Waals surface area (Å²) in [4.78, 5) is 20.6. The van der Waals surface area contributed by atoms with Gasteiger partial charge in [0.05, 0.1) is 6.61 Å². The number of amides is 1. The number of aromatic nitrogens is 2. The highest BCUT2D eigenvalue weighted by Crippen LogP contribution is 2.19. The van der Waals surface area contributed by atoms with Crippen LogP contribution in [0, 0.1) is 6.92 Å². The third-order valence-electron chi connectivity index (χ3n) is 2.93. The number of nitrogens with zero attached hydrogens (tertiary/aromatic N) is 2. The van der Waals surface area contributed by atoms with Crippen LogP contribution >= 0.6 is 0 Å². The highest BCUT2D eigenvalue weighted by Gasteiger charge is 2.11. The Morgan fingerprint density at radius 3 is 2.52 bits per heavy atom. The number of carbonyl (C=O) groups is 1. The summed E-state index contributed by atoms with van der Waals surface area (Å²) in [5, 5.41) is 6.00. The Hall–Kier alpha value is -2.63. The van der Waals surface area contributed by atoms with E-state index in [4.69, 9.17) is 4.74 Å². The normalized spacial score (nSPS) is 10.5. The minimum atomic E-state index is -0.208. The number of ether oxygens (including phenoxy) is 1. The van der Waals surface area contributed by atoms with Gasteiger partial charge in [-0.15, -0.1) is 0 Å². The summed E-state index contributed by atoms with van der Waals surface area (Å²) < 4.78 is 5.41. The molecule has 1 aromatic carbocycles. The summed E-state index contributed by atoms with van der Waals surface area (Å²) in [6, 6.07) is 9.26. The number of benzene rings is 1. The van der Waals surface area contributed by atoms with Gasteiger partial charge < -0.3 is 15.4 Å². The minimum Gasteiger partial charge on any atom is -0.494 e. The van der Waals surface area contributed by atoms with Crippen LogP contribution in [0.5, 0.6) is 5.75 Å². The molecule has 1 amide bonds. The second-order valence-corrected chi connectivity index (χ2v) is 5.40. The lowest BCUT2D eigenvalue weighted by molar-refractivity contribution is 0.0937. The molecule has 0 atom stereocenters. The molecule has 6 heteroatoms. The van der Waals surface area contributed by atoms with Crippen molar-refractivity contribution in [2.24, 2.45) is 0 Å².